The van der Waals surface area contributed by atoms with Gasteiger partial charge in [-0.05, 0) is 48.7 Å². The van der Waals surface area contributed by atoms with E-state index in [2.05, 4.69) is 16.0 Å². The van der Waals surface area contributed by atoms with Gasteiger partial charge < -0.3 is 25.8 Å². The summed E-state index contributed by atoms with van der Waals surface area (Å²) in [5.41, 5.74) is -4.45. The van der Waals surface area contributed by atoms with E-state index < -0.39 is 82.6 Å². The van der Waals surface area contributed by atoms with Crippen molar-refractivity contribution >= 4 is 41.2 Å². The molecule has 1 heterocycles. The van der Waals surface area contributed by atoms with E-state index in [9.17, 15) is 55.4 Å². The lowest BCUT2D eigenvalue weighted by Gasteiger charge is -2.37. The van der Waals surface area contributed by atoms with Gasteiger partial charge in [0.2, 0.25) is 5.91 Å². The number of hydrogen-bond acceptors (Lipinski definition) is 6. The lowest BCUT2D eigenvalue weighted by Crippen LogP contribution is -2.69. The van der Waals surface area contributed by atoms with Crippen molar-refractivity contribution in [1.29, 1.82) is 0 Å². The SMILES string of the molecule is COc1cc(CN2C(=O)N(C(C)C(=O)NC(CC(=O)O)c3ccccc3)C(=O)C2(C(F)(F)F)C(F)(F)F)ccc1NC(=O)Nc1ccccc1C. The van der Waals surface area contributed by atoms with Gasteiger partial charge in [0, 0.05) is 12.2 Å². The summed E-state index contributed by atoms with van der Waals surface area (Å²) in [5, 5.41) is 16.6. The van der Waals surface area contributed by atoms with Crippen molar-refractivity contribution < 1.29 is 60.2 Å². The van der Waals surface area contributed by atoms with Gasteiger partial charge in [0.15, 0.2) is 0 Å². The fourth-order valence-corrected chi connectivity index (χ4v) is 5.52. The van der Waals surface area contributed by atoms with Crippen LogP contribution in [0.15, 0.2) is 72.8 Å². The Morgan fingerprint density at radius 2 is 1.47 bits per heavy atom. The molecule has 1 fully saturated rings. The summed E-state index contributed by atoms with van der Waals surface area (Å²) in [6.07, 6.45) is -13.6. The first-order valence-electron chi connectivity index (χ1n) is 15.0. The van der Waals surface area contributed by atoms with E-state index >= 15 is 0 Å². The molecule has 2 unspecified atom stereocenters. The van der Waals surface area contributed by atoms with Crippen LogP contribution in [0.4, 0.5) is 47.3 Å². The van der Waals surface area contributed by atoms with Crippen LogP contribution in [0.3, 0.4) is 0 Å². The molecular weight excluding hydrogens is 692 g/mol. The van der Waals surface area contributed by atoms with Crippen molar-refractivity contribution in [2.45, 2.75) is 56.8 Å². The zero-order valence-electron chi connectivity index (χ0n) is 27.1. The molecule has 18 heteroatoms. The van der Waals surface area contributed by atoms with Crippen molar-refractivity contribution in [1.82, 2.24) is 15.1 Å². The molecule has 4 rings (SSSR count). The number of aliphatic carboxylic acids is 1. The van der Waals surface area contributed by atoms with Crippen molar-refractivity contribution in [3.63, 3.8) is 0 Å². The number of halogens is 6. The lowest BCUT2D eigenvalue weighted by atomic mass is 9.94. The number of carboxylic acid groups (broad SMARTS) is 1. The van der Waals surface area contributed by atoms with Crippen LogP contribution in [0.25, 0.3) is 0 Å². The number of rotatable bonds is 11. The highest BCUT2D eigenvalue weighted by atomic mass is 19.4. The minimum Gasteiger partial charge on any atom is -0.495 e. The number of alkyl halides is 6. The molecule has 0 radical (unpaired) electrons. The van der Waals surface area contributed by atoms with Gasteiger partial charge in [0.05, 0.1) is 25.3 Å². The summed E-state index contributed by atoms with van der Waals surface area (Å²) in [6, 6.07) is 10.8. The standard InChI is InChI=1S/C33H31F6N5O7/c1-18-9-7-8-12-22(18)41-29(49)42-23-14-13-20(15-25(23)51-3)17-43-30(50)44(28(48)31(43,32(34,35)36)33(37,38)39)19(2)27(47)40-24(16-26(45)46)21-10-5-4-6-11-21/h4-15,19,24H,16-17H2,1-3H3,(H,40,47)(H,45,46)(H2,41,42,49). The molecule has 0 aliphatic carbocycles. The Kier molecular flexibility index (Phi) is 10.9. The first-order valence-corrected chi connectivity index (χ1v) is 15.0. The Hall–Kier alpha value is -5.81. The van der Waals surface area contributed by atoms with Crippen LogP contribution >= 0.6 is 0 Å². The molecular formula is C33H31F6N5O7. The van der Waals surface area contributed by atoms with Crippen molar-refractivity contribution in [3.8, 4) is 5.75 Å². The fourth-order valence-electron chi connectivity index (χ4n) is 5.52. The van der Waals surface area contributed by atoms with E-state index in [-0.39, 0.29) is 22.6 Å². The second kappa shape index (κ2) is 14.6. The number of carboxylic acids is 1. The van der Waals surface area contributed by atoms with Gasteiger partial charge in [-0.15, -0.1) is 0 Å². The lowest BCUT2D eigenvalue weighted by molar-refractivity contribution is -0.315. The molecule has 4 N–H and O–H groups in total. The minimum atomic E-state index is -6.43. The van der Waals surface area contributed by atoms with Gasteiger partial charge in [0.1, 0.15) is 11.8 Å². The number of urea groups is 2. The van der Waals surface area contributed by atoms with Gasteiger partial charge in [-0.25, -0.2) is 14.5 Å². The number of nitrogens with one attached hydrogen (secondary N) is 3. The van der Waals surface area contributed by atoms with Crippen LogP contribution < -0.4 is 20.7 Å². The average Bonchev–Trinajstić information content (AvgIpc) is 3.28. The second-order valence-corrected chi connectivity index (χ2v) is 11.4. The zero-order valence-corrected chi connectivity index (χ0v) is 27.1. The molecule has 3 aromatic rings. The topological polar surface area (TPSA) is 157 Å². The third-order valence-electron chi connectivity index (χ3n) is 8.10. The van der Waals surface area contributed by atoms with Crippen LogP contribution in [-0.4, -0.2) is 75.8 Å². The van der Waals surface area contributed by atoms with Crippen molar-refractivity contribution in [2.75, 3.05) is 17.7 Å². The van der Waals surface area contributed by atoms with Crippen LogP contribution in [0.5, 0.6) is 5.75 Å². The number of benzene rings is 3. The van der Waals surface area contributed by atoms with Gasteiger partial charge in [-0.1, -0.05) is 54.6 Å². The summed E-state index contributed by atoms with van der Waals surface area (Å²) < 4.78 is 93.1. The molecule has 51 heavy (non-hydrogen) atoms. The summed E-state index contributed by atoms with van der Waals surface area (Å²) in [5.74, 6) is -5.80. The molecule has 0 saturated carbocycles. The molecule has 1 aliphatic heterocycles. The number of amides is 6. The summed E-state index contributed by atoms with van der Waals surface area (Å²) in [7, 11) is 1.11. The predicted molar refractivity (Wildman–Crippen MR) is 168 cm³/mol. The number of ether oxygens (including phenoxy) is 1. The van der Waals surface area contributed by atoms with Gasteiger partial charge in [-0.3, -0.25) is 19.3 Å². The number of para-hydroxylation sites is 1. The first kappa shape index (κ1) is 38.0. The predicted octanol–water partition coefficient (Wildman–Crippen LogP) is 6.00. The van der Waals surface area contributed by atoms with Crippen LogP contribution in [0.1, 0.15) is 36.1 Å². The van der Waals surface area contributed by atoms with E-state index in [1.54, 1.807) is 37.3 Å². The normalized spacial score (nSPS) is 15.6. The highest BCUT2D eigenvalue weighted by molar-refractivity contribution is 6.11. The summed E-state index contributed by atoms with van der Waals surface area (Å²) in [6.45, 7) is 1.01. The van der Waals surface area contributed by atoms with Crippen molar-refractivity contribution in [2.24, 2.45) is 0 Å². The summed E-state index contributed by atoms with van der Waals surface area (Å²) >= 11 is 0. The molecule has 0 bridgehead atoms. The third-order valence-corrected chi connectivity index (χ3v) is 8.10. The Balaban J connectivity index is 1.67. The monoisotopic (exact) mass is 723 g/mol. The molecule has 272 valence electrons. The largest absolute Gasteiger partial charge is 0.495 e. The first-order chi connectivity index (χ1) is 23.8. The maximum absolute atomic E-state index is 14.7. The number of hydrogen-bond donors (Lipinski definition) is 4. The highest BCUT2D eigenvalue weighted by Gasteiger charge is 2.84. The Morgan fingerprint density at radius 1 is 0.882 bits per heavy atom. The number of imide groups is 1. The minimum absolute atomic E-state index is 0.0460. The number of anilines is 2. The van der Waals surface area contributed by atoms with E-state index in [0.717, 1.165) is 37.8 Å². The maximum Gasteiger partial charge on any atom is 0.430 e. The van der Waals surface area contributed by atoms with Crippen LogP contribution in [0, 0.1) is 6.92 Å². The molecule has 3 aromatic carbocycles. The Morgan fingerprint density at radius 3 is 2.04 bits per heavy atom. The van der Waals surface area contributed by atoms with Crippen LogP contribution in [0.2, 0.25) is 0 Å². The zero-order chi connectivity index (χ0) is 37.9. The quantitative estimate of drug-likeness (QED) is 0.140. The Labute approximate surface area is 286 Å². The van der Waals surface area contributed by atoms with E-state index in [1.807, 2.05) is 0 Å². The molecule has 1 aliphatic rings. The van der Waals surface area contributed by atoms with Crippen molar-refractivity contribution in [3.05, 3.63) is 89.5 Å². The van der Waals surface area contributed by atoms with E-state index in [4.69, 9.17) is 4.74 Å². The molecule has 12 nitrogen and oxygen atoms in total. The second-order valence-electron chi connectivity index (χ2n) is 11.4. The molecule has 2 atom stereocenters. The van der Waals surface area contributed by atoms with E-state index in [1.165, 1.54) is 24.3 Å². The molecule has 1 saturated heterocycles. The van der Waals surface area contributed by atoms with Gasteiger partial charge >= 0.3 is 35.9 Å². The average molecular weight is 724 g/mol. The van der Waals surface area contributed by atoms with Crippen LogP contribution in [-0.2, 0) is 20.9 Å². The van der Waals surface area contributed by atoms with Gasteiger partial charge in [-0.2, -0.15) is 26.3 Å². The third kappa shape index (κ3) is 7.53. The number of carbonyl (C=O) groups is 5. The number of carbonyl (C=O) groups excluding carboxylic acids is 4. The molecule has 0 aromatic heterocycles. The highest BCUT2D eigenvalue weighted by Crippen LogP contribution is 2.52. The summed E-state index contributed by atoms with van der Waals surface area (Å²) in [4.78, 5) is 63.0. The number of nitrogens with zero attached hydrogens (tertiary/aromatic N) is 2. The fraction of sp³-hybridized carbons (Fsp3) is 0.303. The smallest absolute Gasteiger partial charge is 0.430 e. The molecule has 6 amide bonds. The number of methoxy groups -OCH3 is 1. The number of aryl methyl sites for hydroxylation is 1. The Bertz CT molecular complexity index is 1810. The van der Waals surface area contributed by atoms with E-state index in [0.29, 0.717) is 5.69 Å². The maximum atomic E-state index is 14.7. The van der Waals surface area contributed by atoms with Gasteiger partial charge in [0.25, 0.3) is 5.91 Å². The molecule has 0 spiro atoms.